The molecule has 2 rings (SSSR count). The van der Waals surface area contributed by atoms with Crippen molar-refractivity contribution in [2.24, 2.45) is 4.99 Å². The SMILES string of the molecule is CCCOC1=Nc2cccc(CCN(CCC)CCC)c2C1. The molecule has 1 heterocycles. The van der Waals surface area contributed by atoms with Gasteiger partial charge in [0.2, 0.25) is 0 Å². The van der Waals surface area contributed by atoms with Crippen molar-refractivity contribution >= 4 is 11.6 Å². The lowest BCUT2D eigenvalue weighted by Gasteiger charge is -2.21. The zero-order chi connectivity index (χ0) is 15.8. The van der Waals surface area contributed by atoms with Crippen LogP contribution < -0.4 is 0 Å². The third-order valence-electron chi connectivity index (χ3n) is 4.07. The third-order valence-corrected chi connectivity index (χ3v) is 4.07. The van der Waals surface area contributed by atoms with Crippen molar-refractivity contribution in [2.75, 3.05) is 26.2 Å². The summed E-state index contributed by atoms with van der Waals surface area (Å²) in [4.78, 5) is 7.20. The zero-order valence-electron chi connectivity index (χ0n) is 14.4. The molecule has 0 N–H and O–H groups in total. The molecule has 0 amide bonds. The van der Waals surface area contributed by atoms with E-state index in [1.807, 2.05) is 0 Å². The number of ether oxygens (including phenoxy) is 1. The maximum atomic E-state index is 5.73. The molecule has 0 fully saturated rings. The molecule has 3 heteroatoms. The van der Waals surface area contributed by atoms with Crippen LogP contribution in [0.4, 0.5) is 5.69 Å². The molecule has 3 nitrogen and oxygen atoms in total. The number of rotatable bonds is 9. The van der Waals surface area contributed by atoms with Gasteiger partial charge in [-0.3, -0.25) is 0 Å². The van der Waals surface area contributed by atoms with Crippen LogP contribution in [0.25, 0.3) is 0 Å². The second-order valence-corrected chi connectivity index (χ2v) is 6.04. The van der Waals surface area contributed by atoms with E-state index in [-0.39, 0.29) is 0 Å². The summed E-state index contributed by atoms with van der Waals surface area (Å²) in [6.45, 7) is 11.0. The van der Waals surface area contributed by atoms with Gasteiger partial charge >= 0.3 is 0 Å². The van der Waals surface area contributed by atoms with E-state index < -0.39 is 0 Å². The standard InChI is InChI=1S/C19H30N2O/c1-4-11-21(12-5-2)13-10-16-8-7-9-18-17(16)15-19(20-18)22-14-6-3/h7-9H,4-6,10-15H2,1-3H3. The molecule has 0 radical (unpaired) electrons. The van der Waals surface area contributed by atoms with E-state index in [0.717, 1.165) is 44.0 Å². The van der Waals surface area contributed by atoms with Crippen molar-refractivity contribution in [1.29, 1.82) is 0 Å². The third kappa shape index (κ3) is 4.57. The van der Waals surface area contributed by atoms with Crippen LogP contribution in [0.5, 0.6) is 0 Å². The molecule has 1 aromatic carbocycles. The Morgan fingerprint density at radius 3 is 2.50 bits per heavy atom. The number of hydrogen-bond donors (Lipinski definition) is 0. The Balaban J connectivity index is 1.97. The van der Waals surface area contributed by atoms with Gasteiger partial charge in [-0.15, -0.1) is 0 Å². The van der Waals surface area contributed by atoms with E-state index in [4.69, 9.17) is 4.74 Å². The smallest absolute Gasteiger partial charge is 0.193 e. The maximum absolute atomic E-state index is 5.73. The normalized spacial score (nSPS) is 13.4. The second-order valence-electron chi connectivity index (χ2n) is 6.04. The summed E-state index contributed by atoms with van der Waals surface area (Å²) in [5.41, 5.74) is 3.93. The highest BCUT2D eigenvalue weighted by atomic mass is 16.5. The maximum Gasteiger partial charge on any atom is 0.193 e. The summed E-state index contributed by atoms with van der Waals surface area (Å²) in [7, 11) is 0. The van der Waals surface area contributed by atoms with E-state index >= 15 is 0 Å². The van der Waals surface area contributed by atoms with Crippen LogP contribution in [-0.4, -0.2) is 37.0 Å². The predicted octanol–water partition coefficient (Wildman–Crippen LogP) is 4.36. The lowest BCUT2D eigenvalue weighted by molar-refractivity contribution is 0.278. The van der Waals surface area contributed by atoms with Gasteiger partial charge in [0.1, 0.15) is 0 Å². The fourth-order valence-corrected chi connectivity index (χ4v) is 3.04. The van der Waals surface area contributed by atoms with Gasteiger partial charge in [-0.1, -0.05) is 32.9 Å². The van der Waals surface area contributed by atoms with Crippen molar-refractivity contribution in [1.82, 2.24) is 4.90 Å². The predicted molar refractivity (Wildman–Crippen MR) is 94.2 cm³/mol. The van der Waals surface area contributed by atoms with Crippen LogP contribution in [0.2, 0.25) is 0 Å². The monoisotopic (exact) mass is 302 g/mol. The average molecular weight is 302 g/mol. The largest absolute Gasteiger partial charge is 0.480 e. The first-order valence-electron chi connectivity index (χ1n) is 8.81. The van der Waals surface area contributed by atoms with E-state index in [1.165, 1.54) is 37.1 Å². The fraction of sp³-hybridized carbons (Fsp3) is 0.632. The summed E-state index contributed by atoms with van der Waals surface area (Å²) >= 11 is 0. The van der Waals surface area contributed by atoms with Gasteiger partial charge in [-0.05, 0) is 56.0 Å². The zero-order valence-corrected chi connectivity index (χ0v) is 14.4. The van der Waals surface area contributed by atoms with Crippen molar-refractivity contribution in [3.8, 4) is 0 Å². The van der Waals surface area contributed by atoms with E-state index in [9.17, 15) is 0 Å². The Hall–Kier alpha value is -1.35. The minimum absolute atomic E-state index is 0.767. The van der Waals surface area contributed by atoms with Gasteiger partial charge < -0.3 is 9.64 Å². The van der Waals surface area contributed by atoms with Crippen molar-refractivity contribution in [3.05, 3.63) is 29.3 Å². The minimum atomic E-state index is 0.767. The highest BCUT2D eigenvalue weighted by molar-refractivity contribution is 5.88. The molecule has 1 aliphatic rings. The molecular formula is C19H30N2O. The quantitative estimate of drug-likeness (QED) is 0.677. The molecule has 0 spiro atoms. The first kappa shape index (κ1) is 17.0. The van der Waals surface area contributed by atoms with Crippen LogP contribution in [0.15, 0.2) is 23.2 Å². The highest BCUT2D eigenvalue weighted by Crippen LogP contribution is 2.30. The summed E-state index contributed by atoms with van der Waals surface area (Å²) in [5.74, 6) is 0.892. The first-order chi connectivity index (χ1) is 10.8. The number of benzene rings is 1. The van der Waals surface area contributed by atoms with Crippen LogP contribution in [-0.2, 0) is 17.6 Å². The Labute approximate surface area is 135 Å². The number of nitrogens with zero attached hydrogens (tertiary/aromatic N) is 2. The molecule has 0 aliphatic carbocycles. The van der Waals surface area contributed by atoms with Crippen LogP contribution >= 0.6 is 0 Å². The average Bonchev–Trinajstić information content (AvgIpc) is 2.94. The molecule has 0 bridgehead atoms. The van der Waals surface area contributed by atoms with Gasteiger partial charge in [-0.2, -0.15) is 0 Å². The molecule has 122 valence electrons. The molecule has 0 aromatic heterocycles. The Morgan fingerprint density at radius 2 is 1.82 bits per heavy atom. The van der Waals surface area contributed by atoms with Crippen molar-refractivity contribution in [2.45, 2.75) is 52.9 Å². The van der Waals surface area contributed by atoms with Crippen molar-refractivity contribution < 1.29 is 4.74 Å². The van der Waals surface area contributed by atoms with Gasteiger partial charge in [0, 0.05) is 6.54 Å². The topological polar surface area (TPSA) is 24.8 Å². The van der Waals surface area contributed by atoms with Gasteiger partial charge in [0.25, 0.3) is 0 Å². The highest BCUT2D eigenvalue weighted by Gasteiger charge is 2.19. The summed E-state index contributed by atoms with van der Waals surface area (Å²) in [5, 5.41) is 0. The lowest BCUT2D eigenvalue weighted by Crippen LogP contribution is -2.28. The lowest BCUT2D eigenvalue weighted by atomic mass is 10.0. The molecule has 0 saturated heterocycles. The molecule has 0 saturated carbocycles. The fourth-order valence-electron chi connectivity index (χ4n) is 3.04. The molecule has 22 heavy (non-hydrogen) atoms. The first-order valence-corrected chi connectivity index (χ1v) is 8.81. The van der Waals surface area contributed by atoms with E-state index in [0.29, 0.717) is 0 Å². The number of hydrogen-bond acceptors (Lipinski definition) is 3. The molecular weight excluding hydrogens is 272 g/mol. The van der Waals surface area contributed by atoms with Gasteiger partial charge in [0.05, 0.1) is 18.7 Å². The molecule has 1 aromatic rings. The van der Waals surface area contributed by atoms with Gasteiger partial charge in [0.15, 0.2) is 5.90 Å². The Morgan fingerprint density at radius 1 is 1.05 bits per heavy atom. The summed E-state index contributed by atoms with van der Waals surface area (Å²) in [6.07, 6.45) is 5.47. The van der Waals surface area contributed by atoms with E-state index in [2.05, 4.69) is 48.9 Å². The van der Waals surface area contributed by atoms with Crippen molar-refractivity contribution in [3.63, 3.8) is 0 Å². The number of fused-ring (bicyclic) bond motifs is 1. The molecule has 1 aliphatic heterocycles. The Kier molecular flexibility index (Phi) is 6.91. The van der Waals surface area contributed by atoms with Gasteiger partial charge in [-0.25, -0.2) is 4.99 Å². The summed E-state index contributed by atoms with van der Waals surface area (Å²) < 4.78 is 5.73. The van der Waals surface area contributed by atoms with Crippen LogP contribution in [0.1, 0.15) is 51.2 Å². The molecule has 0 unspecified atom stereocenters. The van der Waals surface area contributed by atoms with E-state index in [1.54, 1.807) is 0 Å². The van der Waals surface area contributed by atoms with Crippen LogP contribution in [0.3, 0.4) is 0 Å². The summed E-state index contributed by atoms with van der Waals surface area (Å²) in [6, 6.07) is 6.49. The van der Waals surface area contributed by atoms with Crippen LogP contribution in [0, 0.1) is 0 Å². The minimum Gasteiger partial charge on any atom is -0.480 e. The number of aliphatic imine (C=N–C) groups is 1. The molecule has 0 atom stereocenters. The Bertz CT molecular complexity index is 490. The second kappa shape index (κ2) is 8.94.